The van der Waals surface area contributed by atoms with Gasteiger partial charge in [-0.3, -0.25) is 19.2 Å². The van der Waals surface area contributed by atoms with Crippen LogP contribution in [0.3, 0.4) is 0 Å². The summed E-state index contributed by atoms with van der Waals surface area (Å²) in [4.78, 5) is 44.4. The molecule has 2 saturated heterocycles. The number of hydrogen-bond acceptors (Lipinski definition) is 12. The average Bonchev–Trinajstić information content (AvgIpc) is 3.77. The third-order valence-corrected chi connectivity index (χ3v) is 13.2. The van der Waals surface area contributed by atoms with E-state index in [4.69, 9.17) is 19.3 Å². The average molecular weight is 727 g/mol. The second-order valence-electron chi connectivity index (χ2n) is 10.9. The number of ether oxygens (including phenoxy) is 3. The number of hydrogen-bond donors (Lipinski definition) is 2. The topological polar surface area (TPSA) is 136 Å². The van der Waals surface area contributed by atoms with Crippen molar-refractivity contribution in [2.24, 2.45) is 0 Å². The minimum Gasteiger partial charge on any atom is -0.504 e. The van der Waals surface area contributed by atoms with E-state index >= 15 is 0 Å². The highest BCUT2D eigenvalue weighted by Crippen LogP contribution is 2.40. The van der Waals surface area contributed by atoms with E-state index in [-0.39, 0.29) is 23.3 Å². The van der Waals surface area contributed by atoms with Gasteiger partial charge in [-0.05, 0) is 88.8 Å². The maximum absolute atomic E-state index is 11.9. The van der Waals surface area contributed by atoms with Crippen LogP contribution >= 0.6 is 43.2 Å². The van der Waals surface area contributed by atoms with Crippen molar-refractivity contribution in [2.75, 3.05) is 25.7 Å². The number of ketones is 2. The molecule has 47 heavy (non-hydrogen) atoms. The maximum atomic E-state index is 11.9. The second-order valence-corrected chi connectivity index (χ2v) is 16.5. The van der Waals surface area contributed by atoms with E-state index < -0.39 is 5.97 Å². The predicted molar refractivity (Wildman–Crippen MR) is 195 cm³/mol. The first kappa shape index (κ1) is 40.7. The van der Waals surface area contributed by atoms with Crippen LogP contribution in [0.4, 0.5) is 0 Å². The van der Waals surface area contributed by atoms with Crippen molar-refractivity contribution in [2.45, 2.75) is 88.6 Å². The van der Waals surface area contributed by atoms with Gasteiger partial charge in [0.05, 0.1) is 14.2 Å². The lowest BCUT2D eigenvalue weighted by Crippen LogP contribution is -2.09. The number of phenols is 1. The highest BCUT2D eigenvalue weighted by molar-refractivity contribution is 8.77. The molecule has 2 unspecified atom stereocenters. The Balaban J connectivity index is 0.000000270. The van der Waals surface area contributed by atoms with E-state index in [1.807, 2.05) is 43.2 Å². The molecule has 2 aliphatic heterocycles. The Hall–Kier alpha value is -2.48. The van der Waals surface area contributed by atoms with Gasteiger partial charge in [0, 0.05) is 46.0 Å². The number of Topliss-reactive ketones (excluding diaryl/α,β-unsaturated/α-hetero) is 2. The first-order valence-electron chi connectivity index (χ1n) is 15.6. The second kappa shape index (κ2) is 23.0. The Bertz CT molecular complexity index is 1290. The predicted octanol–water partition coefficient (Wildman–Crippen LogP) is 8.91. The molecule has 4 rings (SSSR count). The van der Waals surface area contributed by atoms with Crippen molar-refractivity contribution in [1.29, 1.82) is 0 Å². The molecule has 2 fully saturated rings. The fourth-order valence-electron chi connectivity index (χ4n) is 4.46. The van der Waals surface area contributed by atoms with Crippen molar-refractivity contribution >= 4 is 66.7 Å². The van der Waals surface area contributed by atoms with E-state index in [0.717, 1.165) is 36.2 Å². The zero-order chi connectivity index (χ0) is 34.6. The molecule has 260 valence electrons. The van der Waals surface area contributed by atoms with Gasteiger partial charge in [-0.2, -0.15) is 0 Å². The lowest BCUT2D eigenvalue weighted by molar-refractivity contribution is -0.137. The number of rotatable bonds is 15. The highest BCUT2D eigenvalue weighted by atomic mass is 33.1. The molecule has 2 atom stereocenters. The van der Waals surface area contributed by atoms with Gasteiger partial charge in [0.25, 0.3) is 0 Å². The first-order chi connectivity index (χ1) is 22.5. The minimum atomic E-state index is -0.663. The van der Waals surface area contributed by atoms with Crippen LogP contribution in [0.25, 0.3) is 0 Å². The number of esters is 1. The Morgan fingerprint density at radius 1 is 0.723 bits per heavy atom. The van der Waals surface area contributed by atoms with Crippen LogP contribution in [-0.4, -0.2) is 69.9 Å². The number of aliphatic carboxylic acids is 1. The summed E-state index contributed by atoms with van der Waals surface area (Å²) in [5.41, 5.74) is 1.07. The molecule has 13 heteroatoms. The molecule has 2 aliphatic rings. The van der Waals surface area contributed by atoms with Crippen molar-refractivity contribution in [3.8, 4) is 23.0 Å². The normalized spacial score (nSPS) is 16.6. The monoisotopic (exact) mass is 726 g/mol. The number of carboxylic acid groups (broad SMARTS) is 1. The number of phenolic OH excluding ortho intramolecular Hbond substituents is 1. The summed E-state index contributed by atoms with van der Waals surface area (Å²) in [6.07, 6.45) is 9.50. The Kier molecular flexibility index (Phi) is 19.9. The molecule has 2 heterocycles. The highest BCUT2D eigenvalue weighted by Gasteiger charge is 2.17. The standard InChI is InChI=1S/C17H22O4S2.C9H10O3.C8H14O2S2/c1-12(18)13-7-8-15(16(11-13)20-2)21-17(19)6-4-3-5-14-9-10-22-23-14;1-6(10)7-3-4-8(11)9(5-7)12-2;9-8(10)4-2-1-3-7-5-6-11-12-7/h7-8,11,14H,3-6,9-10H2,1-2H3;3-5,11H,1-2H3;7H,1-6H2,(H,9,10). The molecular formula is C34H46O9S4. The van der Waals surface area contributed by atoms with Crippen LogP contribution < -0.4 is 14.2 Å². The number of carbonyl (C=O) groups is 4. The number of carbonyl (C=O) groups excluding carboxylic acids is 3. The van der Waals surface area contributed by atoms with Crippen LogP contribution in [0.1, 0.15) is 98.8 Å². The molecule has 0 spiro atoms. The largest absolute Gasteiger partial charge is 0.504 e. The molecule has 0 aromatic heterocycles. The fourth-order valence-corrected chi connectivity index (χ4v) is 10.5. The van der Waals surface area contributed by atoms with E-state index in [9.17, 15) is 24.3 Å². The molecule has 0 aliphatic carbocycles. The Morgan fingerprint density at radius 3 is 1.70 bits per heavy atom. The lowest BCUT2D eigenvalue weighted by atomic mass is 10.1. The van der Waals surface area contributed by atoms with Gasteiger partial charge in [-0.1, -0.05) is 56.0 Å². The van der Waals surface area contributed by atoms with Crippen LogP contribution in [0.2, 0.25) is 0 Å². The molecule has 0 amide bonds. The van der Waals surface area contributed by atoms with Crippen molar-refractivity contribution in [1.82, 2.24) is 0 Å². The number of unbranched alkanes of at least 4 members (excludes halogenated alkanes) is 2. The van der Waals surface area contributed by atoms with E-state index in [1.54, 1.807) is 24.3 Å². The Morgan fingerprint density at radius 2 is 1.23 bits per heavy atom. The molecule has 2 aromatic carbocycles. The zero-order valence-corrected chi connectivity index (χ0v) is 30.8. The number of methoxy groups -OCH3 is 2. The van der Waals surface area contributed by atoms with Gasteiger partial charge < -0.3 is 24.4 Å². The van der Waals surface area contributed by atoms with Crippen LogP contribution in [0.5, 0.6) is 23.0 Å². The smallest absolute Gasteiger partial charge is 0.311 e. The van der Waals surface area contributed by atoms with E-state index in [0.29, 0.717) is 41.2 Å². The number of benzene rings is 2. The summed E-state index contributed by atoms with van der Waals surface area (Å²) in [6, 6.07) is 9.36. The molecule has 0 radical (unpaired) electrons. The molecule has 0 saturated carbocycles. The van der Waals surface area contributed by atoms with Crippen molar-refractivity contribution < 1.29 is 43.6 Å². The zero-order valence-electron chi connectivity index (χ0n) is 27.5. The molecule has 9 nitrogen and oxygen atoms in total. The van der Waals surface area contributed by atoms with Gasteiger partial charge in [0.15, 0.2) is 34.6 Å². The number of aromatic hydroxyl groups is 1. The summed E-state index contributed by atoms with van der Waals surface area (Å²) in [5, 5.41) is 19.1. The summed E-state index contributed by atoms with van der Waals surface area (Å²) < 4.78 is 15.4. The summed E-state index contributed by atoms with van der Waals surface area (Å²) in [7, 11) is 10.8. The van der Waals surface area contributed by atoms with E-state index in [1.165, 1.54) is 77.4 Å². The van der Waals surface area contributed by atoms with Gasteiger partial charge in [-0.15, -0.1) is 0 Å². The molecule has 0 bridgehead atoms. The van der Waals surface area contributed by atoms with E-state index in [2.05, 4.69) is 0 Å². The van der Waals surface area contributed by atoms with Crippen LogP contribution in [0.15, 0.2) is 36.4 Å². The summed E-state index contributed by atoms with van der Waals surface area (Å²) in [5.74, 6) is 2.64. The number of carboxylic acids is 1. The molecular weight excluding hydrogens is 681 g/mol. The fraction of sp³-hybridized carbons (Fsp3) is 0.529. The SMILES string of the molecule is COc1cc(C(C)=O)ccc1O.COc1cc(C(C)=O)ccc1OC(=O)CCCCC1CCSS1.O=C(O)CCCCC1CCSS1. The van der Waals surface area contributed by atoms with Gasteiger partial charge >= 0.3 is 11.9 Å². The molecule has 2 aromatic rings. The Labute approximate surface area is 293 Å². The van der Waals surface area contributed by atoms with Crippen LogP contribution in [-0.2, 0) is 9.59 Å². The van der Waals surface area contributed by atoms with Gasteiger partial charge in [0.2, 0.25) is 0 Å². The van der Waals surface area contributed by atoms with Gasteiger partial charge in [0.1, 0.15) is 0 Å². The molecule has 2 N–H and O–H groups in total. The van der Waals surface area contributed by atoms with Crippen molar-refractivity contribution in [3.05, 3.63) is 47.5 Å². The minimum absolute atomic E-state index is 0.0440. The van der Waals surface area contributed by atoms with Gasteiger partial charge in [-0.25, -0.2) is 0 Å². The third kappa shape index (κ3) is 16.5. The van der Waals surface area contributed by atoms with Crippen molar-refractivity contribution in [3.63, 3.8) is 0 Å². The quantitative estimate of drug-likeness (QED) is 0.0595. The summed E-state index contributed by atoms with van der Waals surface area (Å²) >= 11 is 0. The lowest BCUT2D eigenvalue weighted by Gasteiger charge is -2.10. The van der Waals surface area contributed by atoms with Crippen LogP contribution in [0, 0.1) is 0 Å². The maximum Gasteiger partial charge on any atom is 0.311 e. The third-order valence-electron chi connectivity index (χ3n) is 7.16. The first-order valence-corrected chi connectivity index (χ1v) is 20.4. The summed E-state index contributed by atoms with van der Waals surface area (Å²) in [6.45, 7) is 2.95.